The molecule has 0 aliphatic carbocycles. The van der Waals surface area contributed by atoms with Crippen LogP contribution in [0.1, 0.15) is 31.4 Å². The highest BCUT2D eigenvalue weighted by molar-refractivity contribution is 6.30. The Balaban J connectivity index is 2.51. The number of nitrogens with one attached hydrogen (secondary N) is 1. The molecule has 0 saturated carbocycles. The van der Waals surface area contributed by atoms with E-state index in [0.29, 0.717) is 11.2 Å². The van der Waals surface area contributed by atoms with E-state index in [0.717, 1.165) is 31.0 Å². The summed E-state index contributed by atoms with van der Waals surface area (Å²) in [5.41, 5.74) is 1.14. The van der Waals surface area contributed by atoms with Crippen molar-refractivity contribution in [2.24, 2.45) is 0 Å². The number of fused-ring (bicyclic) bond motifs is 1. The Morgan fingerprint density at radius 2 is 2.46 bits per heavy atom. The summed E-state index contributed by atoms with van der Waals surface area (Å²) in [6.07, 6.45) is 0.951. The fourth-order valence-electron chi connectivity index (χ4n) is 1.90. The molecular weight excluding hydrogens is 186 g/mol. The number of aromatic nitrogens is 2. The van der Waals surface area contributed by atoms with Crippen molar-refractivity contribution in [2.75, 3.05) is 6.54 Å². The van der Waals surface area contributed by atoms with Crippen molar-refractivity contribution in [3.05, 3.63) is 16.7 Å². The van der Waals surface area contributed by atoms with Crippen LogP contribution in [0.4, 0.5) is 0 Å². The first-order valence-corrected chi connectivity index (χ1v) is 5.10. The summed E-state index contributed by atoms with van der Waals surface area (Å²) in [5.74, 6) is 1.10. The molecular formula is C9H14ClN3. The monoisotopic (exact) mass is 199 g/mol. The summed E-state index contributed by atoms with van der Waals surface area (Å²) >= 11 is 6.06. The minimum atomic E-state index is 0.328. The molecule has 1 aliphatic rings. The predicted octanol–water partition coefficient (Wildman–Crippen LogP) is 1.76. The Labute approximate surface area is 83.1 Å². The second-order valence-electron chi connectivity index (χ2n) is 3.39. The van der Waals surface area contributed by atoms with Crippen LogP contribution < -0.4 is 5.32 Å². The topological polar surface area (TPSA) is 29.9 Å². The molecule has 0 saturated heterocycles. The number of aryl methyl sites for hydroxylation is 1. The lowest BCUT2D eigenvalue weighted by Crippen LogP contribution is -2.32. The molecule has 13 heavy (non-hydrogen) atoms. The molecule has 3 nitrogen and oxygen atoms in total. The normalized spacial score (nSPS) is 21.6. The van der Waals surface area contributed by atoms with Gasteiger partial charge >= 0.3 is 0 Å². The SMILES string of the molecule is CCc1nc(Cl)c2n1CCNC2C. The average molecular weight is 200 g/mol. The summed E-state index contributed by atoms with van der Waals surface area (Å²) in [6.45, 7) is 6.23. The van der Waals surface area contributed by atoms with Crippen molar-refractivity contribution < 1.29 is 0 Å². The van der Waals surface area contributed by atoms with E-state index < -0.39 is 0 Å². The number of hydrogen-bond donors (Lipinski definition) is 1. The van der Waals surface area contributed by atoms with Crippen LogP contribution >= 0.6 is 11.6 Å². The maximum absolute atomic E-state index is 6.06. The number of rotatable bonds is 1. The fourth-order valence-corrected chi connectivity index (χ4v) is 2.27. The molecule has 1 atom stereocenters. The van der Waals surface area contributed by atoms with Crippen molar-refractivity contribution in [2.45, 2.75) is 32.9 Å². The third-order valence-corrected chi connectivity index (χ3v) is 2.83. The van der Waals surface area contributed by atoms with Gasteiger partial charge in [-0.2, -0.15) is 0 Å². The molecule has 1 aromatic rings. The molecule has 1 unspecified atom stereocenters. The zero-order valence-corrected chi connectivity index (χ0v) is 8.73. The molecule has 1 aromatic heterocycles. The molecule has 0 bridgehead atoms. The molecule has 0 amide bonds. The number of imidazole rings is 1. The first-order valence-electron chi connectivity index (χ1n) is 4.72. The van der Waals surface area contributed by atoms with Gasteiger partial charge in [0.1, 0.15) is 5.82 Å². The highest BCUT2D eigenvalue weighted by Gasteiger charge is 2.22. The van der Waals surface area contributed by atoms with Gasteiger partial charge < -0.3 is 9.88 Å². The molecule has 0 radical (unpaired) electrons. The van der Waals surface area contributed by atoms with Gasteiger partial charge in [0.15, 0.2) is 5.15 Å². The molecule has 0 fully saturated rings. The molecule has 2 rings (SSSR count). The standard InChI is InChI=1S/C9H14ClN3/c1-3-7-12-9(10)8-6(2)11-4-5-13(7)8/h6,11H,3-5H2,1-2H3. The fraction of sp³-hybridized carbons (Fsp3) is 0.667. The lowest BCUT2D eigenvalue weighted by molar-refractivity contribution is 0.440. The Hall–Kier alpha value is -0.540. The minimum Gasteiger partial charge on any atom is -0.328 e. The van der Waals surface area contributed by atoms with Crippen molar-refractivity contribution >= 4 is 11.6 Å². The number of nitrogens with zero attached hydrogens (tertiary/aromatic N) is 2. The summed E-state index contributed by atoms with van der Waals surface area (Å²) in [6, 6.07) is 0.328. The smallest absolute Gasteiger partial charge is 0.152 e. The van der Waals surface area contributed by atoms with Gasteiger partial charge in [-0.1, -0.05) is 18.5 Å². The Kier molecular flexibility index (Phi) is 2.30. The quantitative estimate of drug-likeness (QED) is 0.747. The van der Waals surface area contributed by atoms with Crippen LogP contribution in [0.2, 0.25) is 5.15 Å². The zero-order valence-electron chi connectivity index (χ0n) is 7.97. The van der Waals surface area contributed by atoms with E-state index in [1.165, 1.54) is 0 Å². The van der Waals surface area contributed by atoms with E-state index in [4.69, 9.17) is 11.6 Å². The van der Waals surface area contributed by atoms with Crippen LogP contribution in [0.15, 0.2) is 0 Å². The van der Waals surface area contributed by atoms with Crippen LogP contribution in [-0.2, 0) is 13.0 Å². The van der Waals surface area contributed by atoms with Crippen LogP contribution in [0, 0.1) is 0 Å². The predicted molar refractivity (Wildman–Crippen MR) is 53.0 cm³/mol. The van der Waals surface area contributed by atoms with E-state index in [-0.39, 0.29) is 0 Å². The maximum atomic E-state index is 6.06. The zero-order chi connectivity index (χ0) is 9.42. The second kappa shape index (κ2) is 3.31. The summed E-state index contributed by atoms with van der Waals surface area (Å²) in [4.78, 5) is 4.35. The van der Waals surface area contributed by atoms with Crippen molar-refractivity contribution in [1.29, 1.82) is 0 Å². The molecule has 0 spiro atoms. The van der Waals surface area contributed by atoms with Gasteiger partial charge in [-0.05, 0) is 6.92 Å². The molecule has 1 aliphatic heterocycles. The van der Waals surface area contributed by atoms with Gasteiger partial charge in [0.05, 0.1) is 5.69 Å². The lowest BCUT2D eigenvalue weighted by atomic mass is 10.2. The third kappa shape index (κ3) is 1.36. The molecule has 0 aromatic carbocycles. The van der Waals surface area contributed by atoms with E-state index in [1.807, 2.05) is 0 Å². The van der Waals surface area contributed by atoms with Crippen molar-refractivity contribution in [1.82, 2.24) is 14.9 Å². The Morgan fingerprint density at radius 3 is 3.15 bits per heavy atom. The maximum Gasteiger partial charge on any atom is 0.152 e. The molecule has 2 heterocycles. The van der Waals surface area contributed by atoms with Crippen molar-refractivity contribution in [3.8, 4) is 0 Å². The van der Waals surface area contributed by atoms with Gasteiger partial charge in [0, 0.05) is 25.6 Å². The van der Waals surface area contributed by atoms with E-state index in [2.05, 4.69) is 28.7 Å². The van der Waals surface area contributed by atoms with Gasteiger partial charge in [-0.15, -0.1) is 0 Å². The summed E-state index contributed by atoms with van der Waals surface area (Å²) in [5, 5.41) is 4.03. The Bertz CT molecular complexity index is 319. The Morgan fingerprint density at radius 1 is 1.69 bits per heavy atom. The van der Waals surface area contributed by atoms with Crippen molar-refractivity contribution in [3.63, 3.8) is 0 Å². The van der Waals surface area contributed by atoms with E-state index in [1.54, 1.807) is 0 Å². The first-order chi connectivity index (χ1) is 6.24. The first kappa shape index (κ1) is 9.03. The second-order valence-corrected chi connectivity index (χ2v) is 3.74. The van der Waals surface area contributed by atoms with Gasteiger partial charge in [0.2, 0.25) is 0 Å². The molecule has 72 valence electrons. The van der Waals surface area contributed by atoms with E-state index >= 15 is 0 Å². The highest BCUT2D eigenvalue weighted by Crippen LogP contribution is 2.26. The summed E-state index contributed by atoms with van der Waals surface area (Å²) in [7, 11) is 0. The van der Waals surface area contributed by atoms with Gasteiger partial charge in [0.25, 0.3) is 0 Å². The van der Waals surface area contributed by atoms with E-state index in [9.17, 15) is 0 Å². The highest BCUT2D eigenvalue weighted by atomic mass is 35.5. The van der Waals surface area contributed by atoms with Crippen LogP contribution in [0.3, 0.4) is 0 Å². The number of hydrogen-bond acceptors (Lipinski definition) is 2. The average Bonchev–Trinajstić information content (AvgIpc) is 2.44. The minimum absolute atomic E-state index is 0.328. The van der Waals surface area contributed by atoms with Crippen LogP contribution in [0.5, 0.6) is 0 Å². The third-order valence-electron chi connectivity index (χ3n) is 2.55. The molecule has 4 heteroatoms. The van der Waals surface area contributed by atoms with Gasteiger partial charge in [-0.25, -0.2) is 4.98 Å². The van der Waals surface area contributed by atoms with Crippen LogP contribution in [0.25, 0.3) is 0 Å². The summed E-state index contributed by atoms with van der Waals surface area (Å²) < 4.78 is 2.24. The lowest BCUT2D eigenvalue weighted by Gasteiger charge is -2.23. The largest absolute Gasteiger partial charge is 0.328 e. The van der Waals surface area contributed by atoms with Gasteiger partial charge in [-0.3, -0.25) is 0 Å². The van der Waals surface area contributed by atoms with Crippen LogP contribution in [-0.4, -0.2) is 16.1 Å². The number of halogens is 1. The molecule has 1 N–H and O–H groups in total.